The van der Waals surface area contributed by atoms with E-state index in [0.717, 1.165) is 12.8 Å². The van der Waals surface area contributed by atoms with E-state index < -0.39 is 58.1 Å². The number of aromatic nitrogens is 1. The zero-order valence-electron chi connectivity index (χ0n) is 17.5. The minimum Gasteiger partial charge on any atom is -0.503 e. The number of fused-ring (bicyclic) bond motifs is 4. The van der Waals surface area contributed by atoms with Crippen LogP contribution in [0.2, 0.25) is 0 Å². The molecule has 3 heterocycles. The third-order valence-corrected chi connectivity index (χ3v) is 6.42. The van der Waals surface area contributed by atoms with Crippen LogP contribution in [0.1, 0.15) is 59.1 Å². The summed E-state index contributed by atoms with van der Waals surface area (Å²) < 4.78 is 42.2. The lowest BCUT2D eigenvalue weighted by atomic mass is 9.95. The van der Waals surface area contributed by atoms with Gasteiger partial charge >= 0.3 is 0 Å². The van der Waals surface area contributed by atoms with Crippen molar-refractivity contribution in [2.45, 2.75) is 45.3 Å². The number of hydrogen-bond donors (Lipinski definition) is 2. The van der Waals surface area contributed by atoms with Crippen LogP contribution in [0.4, 0.5) is 13.2 Å². The van der Waals surface area contributed by atoms with Crippen LogP contribution in [0.5, 0.6) is 5.75 Å². The first-order valence-electron chi connectivity index (χ1n) is 10.3. The molecule has 32 heavy (non-hydrogen) atoms. The third-order valence-electron chi connectivity index (χ3n) is 6.42. The van der Waals surface area contributed by atoms with E-state index in [4.69, 9.17) is 0 Å². The number of aromatic hydroxyl groups is 1. The van der Waals surface area contributed by atoms with Gasteiger partial charge < -0.3 is 19.9 Å². The SMILES string of the molecule is C[C@@H]1CC[C@H](C)[C@@H]2CN1C(=O)c1c(O)c(=O)c(C(=O)NCc3c(F)cc(F)cc3F)cn12. The highest BCUT2D eigenvalue weighted by atomic mass is 19.1. The van der Waals surface area contributed by atoms with Crippen molar-refractivity contribution in [2.24, 2.45) is 5.92 Å². The van der Waals surface area contributed by atoms with Crippen molar-refractivity contribution in [1.82, 2.24) is 14.8 Å². The molecule has 0 unspecified atom stereocenters. The van der Waals surface area contributed by atoms with E-state index in [1.54, 1.807) is 4.90 Å². The number of rotatable bonds is 3. The van der Waals surface area contributed by atoms with Gasteiger partial charge in [0.05, 0.1) is 6.04 Å². The van der Waals surface area contributed by atoms with Crippen molar-refractivity contribution in [1.29, 1.82) is 0 Å². The lowest BCUT2D eigenvalue weighted by molar-refractivity contribution is 0.0591. The molecule has 1 aromatic heterocycles. The van der Waals surface area contributed by atoms with E-state index in [1.165, 1.54) is 10.8 Å². The number of benzene rings is 1. The van der Waals surface area contributed by atoms with Crippen molar-refractivity contribution in [3.8, 4) is 5.75 Å². The van der Waals surface area contributed by atoms with Gasteiger partial charge in [0.2, 0.25) is 5.43 Å². The molecule has 170 valence electrons. The predicted octanol–water partition coefficient (Wildman–Crippen LogP) is 2.72. The average molecular weight is 449 g/mol. The Balaban J connectivity index is 1.70. The van der Waals surface area contributed by atoms with Crippen molar-refractivity contribution in [3.63, 3.8) is 0 Å². The van der Waals surface area contributed by atoms with Gasteiger partial charge in [-0.05, 0) is 25.7 Å². The van der Waals surface area contributed by atoms with E-state index in [1.807, 2.05) is 13.8 Å². The maximum atomic E-state index is 13.8. The van der Waals surface area contributed by atoms with Gasteiger partial charge in [0.25, 0.3) is 11.8 Å². The van der Waals surface area contributed by atoms with Crippen LogP contribution < -0.4 is 10.7 Å². The van der Waals surface area contributed by atoms with Crippen LogP contribution in [-0.2, 0) is 6.54 Å². The van der Waals surface area contributed by atoms with Crippen LogP contribution in [0.25, 0.3) is 0 Å². The Morgan fingerprint density at radius 3 is 2.47 bits per heavy atom. The number of pyridine rings is 1. The topological polar surface area (TPSA) is 91.6 Å². The summed E-state index contributed by atoms with van der Waals surface area (Å²) in [5, 5.41) is 12.8. The molecule has 1 aromatic carbocycles. The van der Waals surface area contributed by atoms with E-state index in [2.05, 4.69) is 5.32 Å². The highest BCUT2D eigenvalue weighted by Crippen LogP contribution is 2.37. The fourth-order valence-electron chi connectivity index (χ4n) is 4.45. The zero-order chi connectivity index (χ0) is 23.3. The Kier molecular flexibility index (Phi) is 5.47. The number of halogens is 3. The lowest BCUT2D eigenvalue weighted by Crippen LogP contribution is -2.48. The average Bonchev–Trinajstić information content (AvgIpc) is 2.85. The van der Waals surface area contributed by atoms with Crippen LogP contribution in [0, 0.1) is 23.4 Å². The molecule has 0 spiro atoms. The molecule has 3 atom stereocenters. The first kappa shape index (κ1) is 21.9. The van der Waals surface area contributed by atoms with Crippen molar-refractivity contribution in [2.75, 3.05) is 6.54 Å². The summed E-state index contributed by atoms with van der Waals surface area (Å²) in [5.74, 6) is -5.65. The molecule has 0 radical (unpaired) electrons. The molecule has 0 saturated carbocycles. The summed E-state index contributed by atoms with van der Waals surface area (Å²) in [6.45, 7) is 3.65. The Bertz CT molecular complexity index is 1160. The molecule has 4 rings (SSSR count). The van der Waals surface area contributed by atoms with Crippen molar-refractivity contribution >= 4 is 11.8 Å². The largest absolute Gasteiger partial charge is 0.503 e. The first-order valence-corrected chi connectivity index (χ1v) is 10.3. The van der Waals surface area contributed by atoms with E-state index >= 15 is 0 Å². The maximum Gasteiger partial charge on any atom is 0.274 e. The van der Waals surface area contributed by atoms with Crippen LogP contribution >= 0.6 is 0 Å². The highest BCUT2D eigenvalue weighted by molar-refractivity contribution is 5.99. The number of amides is 2. The Labute approximate surface area is 181 Å². The standard InChI is InChI=1S/C22H22F3N3O4/c1-10-3-4-11(2)27-9-17(10)28-8-14(19(29)20(30)18(28)22(27)32)21(31)26-7-13-15(24)5-12(23)6-16(13)25/h5-6,8,10-11,17,30H,3-4,7,9H2,1-2H3,(H,26,31)/t10-,11+,17-/m0/s1. The second-order valence-corrected chi connectivity index (χ2v) is 8.44. The number of nitrogens with zero attached hydrogens (tertiary/aromatic N) is 2. The number of hydrogen-bond acceptors (Lipinski definition) is 4. The Hall–Kier alpha value is -3.30. The normalized spacial score (nSPS) is 22.3. The number of nitrogens with one attached hydrogen (secondary N) is 1. The summed E-state index contributed by atoms with van der Waals surface area (Å²) in [4.78, 5) is 40.0. The van der Waals surface area contributed by atoms with E-state index in [0.29, 0.717) is 18.7 Å². The van der Waals surface area contributed by atoms with Crippen molar-refractivity contribution in [3.05, 3.63) is 62.8 Å². The summed E-state index contributed by atoms with van der Waals surface area (Å²) >= 11 is 0. The monoisotopic (exact) mass is 449 g/mol. The third kappa shape index (κ3) is 3.53. The molecule has 2 aliphatic heterocycles. The van der Waals surface area contributed by atoms with Gasteiger partial charge in [-0.15, -0.1) is 0 Å². The smallest absolute Gasteiger partial charge is 0.274 e. The quantitative estimate of drug-likeness (QED) is 0.754. The van der Waals surface area contributed by atoms with Gasteiger partial charge in [-0.1, -0.05) is 6.92 Å². The van der Waals surface area contributed by atoms with Crippen LogP contribution in [0.15, 0.2) is 23.1 Å². The maximum absolute atomic E-state index is 13.8. The Morgan fingerprint density at radius 2 is 1.81 bits per heavy atom. The van der Waals surface area contributed by atoms with Crippen molar-refractivity contribution < 1.29 is 27.9 Å². The van der Waals surface area contributed by atoms with E-state index in [-0.39, 0.29) is 23.7 Å². The first-order chi connectivity index (χ1) is 15.1. The molecule has 2 aliphatic rings. The number of carbonyl (C=O) groups excluding carboxylic acids is 2. The molecule has 1 fully saturated rings. The molecule has 0 aliphatic carbocycles. The zero-order valence-corrected chi connectivity index (χ0v) is 17.5. The van der Waals surface area contributed by atoms with Gasteiger partial charge in [0.1, 0.15) is 23.0 Å². The van der Waals surface area contributed by atoms with Gasteiger partial charge in [-0.2, -0.15) is 0 Å². The van der Waals surface area contributed by atoms with Gasteiger partial charge in [-0.3, -0.25) is 14.4 Å². The second kappa shape index (κ2) is 7.99. The van der Waals surface area contributed by atoms with Crippen LogP contribution in [0.3, 0.4) is 0 Å². The molecule has 1 saturated heterocycles. The fraction of sp³-hybridized carbons (Fsp3) is 0.409. The second-order valence-electron chi connectivity index (χ2n) is 8.44. The highest BCUT2D eigenvalue weighted by Gasteiger charge is 2.41. The van der Waals surface area contributed by atoms with Gasteiger partial charge in [0.15, 0.2) is 11.4 Å². The molecule has 7 nitrogen and oxygen atoms in total. The summed E-state index contributed by atoms with van der Waals surface area (Å²) in [6.07, 6.45) is 2.80. The summed E-state index contributed by atoms with van der Waals surface area (Å²) in [5.41, 5.74) is -2.25. The molecular formula is C22H22F3N3O4. The number of carbonyl (C=O) groups is 2. The molecule has 10 heteroatoms. The summed E-state index contributed by atoms with van der Waals surface area (Å²) in [6, 6.07) is 0.658. The molecule has 2 aromatic rings. The minimum atomic E-state index is -1.18. The van der Waals surface area contributed by atoms with Gasteiger partial charge in [-0.25, -0.2) is 13.2 Å². The summed E-state index contributed by atoms with van der Waals surface area (Å²) in [7, 11) is 0. The molecule has 2 bridgehead atoms. The van der Waals surface area contributed by atoms with Crippen LogP contribution in [-0.4, -0.2) is 39.0 Å². The van der Waals surface area contributed by atoms with E-state index in [9.17, 15) is 32.7 Å². The minimum absolute atomic E-state index is 0.0540. The molecule has 2 amide bonds. The predicted molar refractivity (Wildman–Crippen MR) is 108 cm³/mol. The lowest BCUT2D eigenvalue weighted by Gasteiger charge is -2.38. The molecular weight excluding hydrogens is 427 g/mol. The Morgan fingerprint density at radius 1 is 1.16 bits per heavy atom. The van der Waals surface area contributed by atoms with Gasteiger partial charge in [0, 0.05) is 43.0 Å². The molecule has 2 N–H and O–H groups in total. The fourth-order valence-corrected chi connectivity index (χ4v) is 4.45.